The van der Waals surface area contributed by atoms with Crippen LogP contribution in [0.5, 0.6) is 0 Å². The highest BCUT2D eigenvalue weighted by molar-refractivity contribution is 8.12. The summed E-state index contributed by atoms with van der Waals surface area (Å²) >= 11 is 1.61. The van der Waals surface area contributed by atoms with Crippen molar-refractivity contribution < 1.29 is 9.59 Å². The van der Waals surface area contributed by atoms with Crippen LogP contribution in [0.25, 0.3) is 0 Å². The Balaban J connectivity index is 1.38. The van der Waals surface area contributed by atoms with Crippen LogP contribution >= 0.6 is 11.8 Å². The Kier molecular flexibility index (Phi) is 2.38. The second kappa shape index (κ2) is 4.13. The quantitative estimate of drug-likeness (QED) is 0.689. The number of fused-ring (bicyclic) bond motifs is 3. The first-order chi connectivity index (χ1) is 11.1. The van der Waals surface area contributed by atoms with E-state index in [0.29, 0.717) is 6.54 Å². The van der Waals surface area contributed by atoms with Gasteiger partial charge in [0.05, 0.1) is 22.9 Å². The monoisotopic (exact) mass is 331 g/mol. The summed E-state index contributed by atoms with van der Waals surface area (Å²) in [6.45, 7) is 0.631. The Bertz CT molecular complexity index is 612. The largest absolute Gasteiger partial charge is 0.281 e. The molecule has 0 radical (unpaired) electrons. The minimum absolute atomic E-state index is 0.0652. The van der Waals surface area contributed by atoms with Gasteiger partial charge in [0.15, 0.2) is 0 Å². The number of hydrogen-bond acceptors (Lipinski definition) is 5. The predicted molar refractivity (Wildman–Crippen MR) is 86.3 cm³/mol. The molecule has 6 fully saturated rings. The number of hydrogen-bond donors (Lipinski definition) is 0. The molecule has 0 aromatic rings. The number of imide groups is 1. The molecule has 23 heavy (non-hydrogen) atoms. The van der Waals surface area contributed by atoms with Crippen molar-refractivity contribution in [2.45, 2.75) is 49.4 Å². The molecule has 1 unspecified atom stereocenters. The Morgan fingerprint density at radius 2 is 1.70 bits per heavy atom. The molecule has 7 rings (SSSR count). The van der Waals surface area contributed by atoms with Gasteiger partial charge in [0.2, 0.25) is 11.8 Å². The molecular formula is C17H21N3O2S. The van der Waals surface area contributed by atoms with E-state index in [2.05, 4.69) is 5.10 Å². The highest BCUT2D eigenvalue weighted by atomic mass is 32.2. The highest BCUT2D eigenvalue weighted by Gasteiger charge is 2.65. The van der Waals surface area contributed by atoms with Gasteiger partial charge in [0, 0.05) is 6.54 Å². The number of carbonyl (C=O) groups is 2. The molecule has 3 aliphatic heterocycles. The maximum absolute atomic E-state index is 13.3. The van der Waals surface area contributed by atoms with Gasteiger partial charge in [0.1, 0.15) is 5.37 Å². The fourth-order valence-electron chi connectivity index (χ4n) is 6.98. The van der Waals surface area contributed by atoms with E-state index in [0.717, 1.165) is 37.0 Å². The van der Waals surface area contributed by atoms with Gasteiger partial charge in [-0.1, -0.05) is 11.8 Å². The predicted octanol–water partition coefficient (Wildman–Crippen LogP) is 1.89. The zero-order valence-corrected chi connectivity index (χ0v) is 13.9. The van der Waals surface area contributed by atoms with Crippen molar-refractivity contribution in [2.24, 2.45) is 34.7 Å². The lowest BCUT2D eigenvalue weighted by atomic mass is 9.52. The van der Waals surface area contributed by atoms with E-state index in [9.17, 15) is 9.59 Å². The summed E-state index contributed by atoms with van der Waals surface area (Å²) in [5.41, 5.74) is 1.70. The maximum Gasteiger partial charge on any atom is 0.236 e. The van der Waals surface area contributed by atoms with Crippen molar-refractivity contribution in [3.63, 3.8) is 0 Å². The van der Waals surface area contributed by atoms with E-state index in [1.165, 1.54) is 19.3 Å². The summed E-state index contributed by atoms with van der Waals surface area (Å²) < 4.78 is 0. The molecule has 122 valence electrons. The number of hydrazone groups is 1. The molecule has 4 bridgehead atoms. The van der Waals surface area contributed by atoms with Crippen molar-refractivity contribution in [3.05, 3.63) is 0 Å². The van der Waals surface area contributed by atoms with Gasteiger partial charge in [-0.2, -0.15) is 5.10 Å². The third-order valence-corrected chi connectivity index (χ3v) is 8.37. The van der Waals surface area contributed by atoms with Gasteiger partial charge in [0.25, 0.3) is 0 Å². The third-order valence-electron chi connectivity index (χ3n) is 7.34. The van der Waals surface area contributed by atoms with Crippen LogP contribution in [0, 0.1) is 29.6 Å². The molecule has 6 heteroatoms. The van der Waals surface area contributed by atoms with Gasteiger partial charge < -0.3 is 0 Å². The average molecular weight is 331 g/mol. The van der Waals surface area contributed by atoms with Crippen molar-refractivity contribution in [1.29, 1.82) is 0 Å². The molecule has 0 N–H and O–H groups in total. The summed E-state index contributed by atoms with van der Waals surface area (Å²) in [6.07, 6.45) is 7.24. The number of carbonyl (C=O) groups excluding carboxylic acids is 2. The number of likely N-dealkylation sites (tertiary alicyclic amines) is 1. The number of thioether (sulfide) groups is 1. The number of nitrogens with zero attached hydrogens (tertiary/aromatic N) is 3. The van der Waals surface area contributed by atoms with Crippen molar-refractivity contribution in [2.75, 3.05) is 6.54 Å². The topological polar surface area (TPSA) is 53.0 Å². The van der Waals surface area contributed by atoms with E-state index in [1.807, 2.05) is 10.6 Å². The lowest BCUT2D eigenvalue weighted by Gasteiger charge is -2.59. The van der Waals surface area contributed by atoms with E-state index < -0.39 is 0 Å². The van der Waals surface area contributed by atoms with Gasteiger partial charge in [-0.05, 0) is 56.3 Å². The smallest absolute Gasteiger partial charge is 0.236 e. The second-order valence-electron chi connectivity index (χ2n) is 8.66. The van der Waals surface area contributed by atoms with Crippen LogP contribution in [0.3, 0.4) is 0 Å². The molecule has 3 atom stereocenters. The average Bonchev–Trinajstić information content (AvgIpc) is 3.10. The maximum atomic E-state index is 13.3. The van der Waals surface area contributed by atoms with E-state index in [4.69, 9.17) is 0 Å². The van der Waals surface area contributed by atoms with E-state index in [1.54, 1.807) is 16.7 Å². The zero-order chi connectivity index (χ0) is 15.3. The van der Waals surface area contributed by atoms with Crippen LogP contribution in [0.4, 0.5) is 0 Å². The van der Waals surface area contributed by atoms with Crippen LogP contribution in [0.2, 0.25) is 0 Å². The SMILES string of the molecule is O=C1[C@H]2CN3N=CSC3[C@H]2C(=O)N1C12CC3CC(CC(C3)C1)C2. The molecule has 0 aromatic heterocycles. The molecule has 7 aliphatic rings. The van der Waals surface area contributed by atoms with Crippen LogP contribution in [0.1, 0.15) is 38.5 Å². The zero-order valence-electron chi connectivity index (χ0n) is 13.1. The Labute approximate surface area is 139 Å². The molecule has 2 saturated heterocycles. The summed E-state index contributed by atoms with van der Waals surface area (Å²) in [6, 6.07) is 0. The molecular weight excluding hydrogens is 310 g/mol. The van der Waals surface area contributed by atoms with Crippen molar-refractivity contribution in [1.82, 2.24) is 9.91 Å². The minimum atomic E-state index is -0.164. The summed E-state index contributed by atoms with van der Waals surface area (Å²) in [4.78, 5) is 28.2. The first-order valence-electron chi connectivity index (χ1n) is 8.97. The molecule has 5 nitrogen and oxygen atoms in total. The number of amides is 2. The fourth-order valence-corrected chi connectivity index (χ4v) is 8.03. The van der Waals surface area contributed by atoms with Crippen LogP contribution in [-0.4, -0.2) is 44.7 Å². The standard InChI is InChI=1S/C17H21N3O2S/c21-14-12-7-19-16(23-8-18-19)13(12)15(22)20(14)17-4-9-1-10(5-17)3-11(2-9)6-17/h8-13,16H,1-7H2/t9?,10?,11?,12-,13+,16?,17?/m0/s1. The van der Waals surface area contributed by atoms with Gasteiger partial charge >= 0.3 is 0 Å². The normalized spacial score (nSPS) is 52.7. The van der Waals surface area contributed by atoms with Crippen LogP contribution < -0.4 is 0 Å². The first kappa shape index (κ1) is 13.3. The molecule has 4 saturated carbocycles. The van der Waals surface area contributed by atoms with Gasteiger partial charge in [-0.25, -0.2) is 0 Å². The Morgan fingerprint density at radius 3 is 2.35 bits per heavy atom. The lowest BCUT2D eigenvalue weighted by Crippen LogP contribution is -2.62. The van der Waals surface area contributed by atoms with Crippen LogP contribution in [0.15, 0.2) is 5.10 Å². The number of rotatable bonds is 1. The molecule has 2 amide bonds. The van der Waals surface area contributed by atoms with Crippen LogP contribution in [-0.2, 0) is 9.59 Å². The summed E-state index contributed by atoms with van der Waals surface area (Å²) in [7, 11) is 0. The highest BCUT2D eigenvalue weighted by Crippen LogP contribution is 2.60. The third kappa shape index (κ3) is 1.54. The Morgan fingerprint density at radius 1 is 1.04 bits per heavy atom. The van der Waals surface area contributed by atoms with Gasteiger partial charge in [-0.15, -0.1) is 0 Å². The molecule has 0 spiro atoms. The minimum Gasteiger partial charge on any atom is -0.281 e. The van der Waals surface area contributed by atoms with E-state index >= 15 is 0 Å². The molecule has 4 aliphatic carbocycles. The van der Waals surface area contributed by atoms with Crippen molar-refractivity contribution in [3.8, 4) is 0 Å². The van der Waals surface area contributed by atoms with Crippen molar-refractivity contribution >= 4 is 29.1 Å². The van der Waals surface area contributed by atoms with Gasteiger partial charge in [-0.3, -0.25) is 19.5 Å². The molecule has 0 aromatic carbocycles. The summed E-state index contributed by atoms with van der Waals surface area (Å²) in [5, 5.41) is 6.33. The lowest BCUT2D eigenvalue weighted by molar-refractivity contribution is -0.160. The summed E-state index contributed by atoms with van der Waals surface area (Å²) in [5.74, 6) is 2.18. The second-order valence-corrected chi connectivity index (χ2v) is 9.62. The first-order valence-corrected chi connectivity index (χ1v) is 9.91. The Hall–Kier alpha value is -1.04. The fraction of sp³-hybridized carbons (Fsp3) is 0.824. The molecule has 3 heterocycles. The van der Waals surface area contributed by atoms with E-state index in [-0.39, 0.29) is 34.6 Å².